The summed E-state index contributed by atoms with van der Waals surface area (Å²) in [6.07, 6.45) is 36.8. The first-order valence-corrected chi connectivity index (χ1v) is 45.3. The molecule has 4 aliphatic heterocycles. The molecule has 4 fully saturated rings. The predicted molar refractivity (Wildman–Crippen MR) is 491 cm³/mol. The van der Waals surface area contributed by atoms with Crippen LogP contribution in [0.2, 0.25) is 0 Å². The molecule has 0 bridgehead atoms. The molecule has 120 heavy (non-hydrogen) atoms. The van der Waals surface area contributed by atoms with Crippen molar-refractivity contribution in [2.75, 3.05) is 0 Å². The van der Waals surface area contributed by atoms with Crippen LogP contribution in [-0.2, 0) is 51.8 Å². The summed E-state index contributed by atoms with van der Waals surface area (Å²) in [6.45, 7) is 18.1. The van der Waals surface area contributed by atoms with E-state index in [4.69, 9.17) is 21.7 Å². The molecule has 8 aromatic carbocycles. The van der Waals surface area contributed by atoms with E-state index in [0.717, 1.165) is 90.3 Å². The Morgan fingerprint density at radius 2 is 0.600 bits per heavy atom. The Bertz CT molecular complexity index is 5610. The maximum absolute atomic E-state index is 8.91. The normalized spacial score (nSPS) is 19.0. The largest absolute Gasteiger partial charge is 0.487 e. The monoisotopic (exact) mass is 1600 g/mol. The summed E-state index contributed by atoms with van der Waals surface area (Å²) >= 11 is 0. The zero-order valence-corrected chi connectivity index (χ0v) is 73.7. The number of ether oxygens (including phenoxy) is 4. The van der Waals surface area contributed by atoms with E-state index in [0.29, 0.717) is 12.0 Å². The minimum atomic E-state index is -1.39. The van der Waals surface area contributed by atoms with E-state index in [1.54, 1.807) is 0 Å². The van der Waals surface area contributed by atoms with Gasteiger partial charge in [-0.15, -0.1) is 0 Å². The van der Waals surface area contributed by atoms with Crippen molar-refractivity contribution in [3.8, 4) is 113 Å². The number of benzene rings is 8. The van der Waals surface area contributed by atoms with Crippen molar-refractivity contribution in [3.63, 3.8) is 0 Å². The molecular weight excluding hydrogens is 1470 g/mol. The number of hydrogen-bond acceptors (Lipinski definition) is 4. The molecule has 616 valence electrons. The minimum absolute atomic E-state index is 0.00704. The average Bonchev–Trinajstić information content (AvgIpc) is 0.740. The molecule has 0 unspecified atom stereocenters. The fourth-order valence-corrected chi connectivity index (χ4v) is 22.0. The van der Waals surface area contributed by atoms with Crippen LogP contribution in [0.3, 0.4) is 0 Å². The van der Waals surface area contributed by atoms with Crippen molar-refractivity contribution >= 4 is 0 Å². The smallest absolute Gasteiger partial charge is 0.216 e. The molecule has 4 aromatic heterocycles. The zero-order chi connectivity index (χ0) is 84.8. The van der Waals surface area contributed by atoms with Gasteiger partial charge in [-0.25, -0.2) is 18.3 Å². The van der Waals surface area contributed by atoms with Crippen molar-refractivity contribution in [3.05, 3.63) is 288 Å². The summed E-state index contributed by atoms with van der Waals surface area (Å²) in [5, 5.41) is 0. The van der Waals surface area contributed by atoms with Gasteiger partial charge in [-0.2, -0.15) is 0 Å². The second kappa shape index (κ2) is 34.2. The maximum atomic E-state index is 8.91. The molecule has 4 spiro atoms. The van der Waals surface area contributed by atoms with E-state index >= 15 is 0 Å². The van der Waals surface area contributed by atoms with Crippen LogP contribution in [0.25, 0.3) is 89.5 Å². The molecule has 0 N–H and O–H groups in total. The summed E-state index contributed by atoms with van der Waals surface area (Å²) < 4.78 is 54.2. The molecule has 8 heteroatoms. The highest BCUT2D eigenvalue weighted by Gasteiger charge is 2.50. The number of aryl methyl sites for hydroxylation is 10. The lowest BCUT2D eigenvalue weighted by Crippen LogP contribution is -2.47. The fourth-order valence-electron chi connectivity index (χ4n) is 22.0. The van der Waals surface area contributed by atoms with E-state index in [9.17, 15) is 0 Å². The Kier molecular flexibility index (Phi) is 22.6. The Morgan fingerprint density at radius 1 is 0.283 bits per heavy atom. The van der Waals surface area contributed by atoms with Crippen LogP contribution in [0.4, 0.5) is 0 Å². The molecule has 8 nitrogen and oxygen atoms in total. The molecule has 20 rings (SSSR count). The maximum Gasteiger partial charge on any atom is 0.216 e. The molecular formula is C112H128N4O4+4. The molecule has 8 aliphatic rings. The van der Waals surface area contributed by atoms with Gasteiger partial charge in [-0.05, 0) is 253 Å². The van der Waals surface area contributed by atoms with Crippen LogP contribution < -0.4 is 37.2 Å². The van der Waals surface area contributed by atoms with Crippen LogP contribution in [0.15, 0.2) is 243 Å². The highest BCUT2D eigenvalue weighted by atomic mass is 16.5. The highest BCUT2D eigenvalue weighted by molar-refractivity contribution is 5.81. The fraction of sp³-hybridized carbons (Fsp3) is 0.393. The number of hydrogen-bond donors (Lipinski definition) is 0. The van der Waals surface area contributed by atoms with Gasteiger partial charge in [-0.3, -0.25) is 0 Å². The second-order valence-electron chi connectivity index (χ2n) is 38.1. The van der Waals surface area contributed by atoms with Crippen molar-refractivity contribution < 1.29 is 40.0 Å². The number of aromatic nitrogens is 4. The SMILES string of the molecule is Cc1ccc2c(c1-c1cc(-c3ccccc3)cc[n+]1C)OC(C)(C)CC21CCCCC1.Cc1ccc2c(c1-c1cc(-c3ccccc3)cc[n+]1C)OC1(CCCCC1)CC2.Cc1ccc2c(c1-c1cc(-c3ccccc3)cc[n+]1C)OC1(CCCCC1)CC2(C)C.[2H]C1([2H])CC2(CCCCC2)Oc2c1ccc(C)c2-c1cc(-c2ccccc2)cc[n+]1C. The third-order valence-corrected chi connectivity index (χ3v) is 28.3. The highest BCUT2D eigenvalue weighted by Crippen LogP contribution is 2.58. The van der Waals surface area contributed by atoms with Crippen LogP contribution >= 0.6 is 0 Å². The quantitative estimate of drug-likeness (QED) is 0.142. The Balaban J connectivity index is 0.000000116. The van der Waals surface area contributed by atoms with Crippen LogP contribution in [-0.4, -0.2) is 22.4 Å². The predicted octanol–water partition coefficient (Wildman–Crippen LogP) is 26.2. The first-order valence-electron chi connectivity index (χ1n) is 46.3. The molecule has 0 atom stereocenters. The zero-order valence-electron chi connectivity index (χ0n) is 75.7. The van der Waals surface area contributed by atoms with Gasteiger partial charge < -0.3 is 18.9 Å². The first kappa shape index (κ1) is 79.4. The molecule has 8 heterocycles. The van der Waals surface area contributed by atoms with Gasteiger partial charge in [0.2, 0.25) is 22.8 Å². The Labute approximate surface area is 719 Å². The standard InChI is InChI=1S/2C29H34NO.2C27H30NO/c1-21-13-14-24-27(31-28(2,3)20-29(24)16-9-6-10-17-29)26(21)25-19-23(15-18-30(25)4)22-11-7-5-8-12-22;1-21-13-14-24-27(31-29(20-28(24,2)3)16-9-6-10-17-29)26(21)25-19-23(15-18-30(25)4)22-11-7-5-8-12-22;2*1-20-11-12-22-13-17-27(15-7-4-8-16-27)29-26(22)25(20)24-19-23(14-18-28(24)2)21-9-5-3-6-10-21/h2*5,7-8,11-15,18-19H,6,9-10,16-17,20H2,1-4H3;2*3,5-6,9-12,14,18-19H,4,7-8,13,15-17H2,1-2H3/q4*+1/i;;13D2;. The lowest BCUT2D eigenvalue weighted by Gasteiger charge is -2.48. The number of nitrogens with zero attached hydrogens (tertiary/aromatic N) is 4. The molecule has 12 aromatic rings. The average molecular weight is 1600 g/mol. The van der Waals surface area contributed by atoms with E-state index in [-0.39, 0.29) is 33.2 Å². The van der Waals surface area contributed by atoms with Gasteiger partial charge in [0.05, 0.1) is 22.3 Å². The number of fused-ring (bicyclic) bond motifs is 5. The van der Waals surface area contributed by atoms with Crippen LogP contribution in [0.5, 0.6) is 23.0 Å². The summed E-state index contributed by atoms with van der Waals surface area (Å²) in [5.74, 6) is 4.14. The lowest BCUT2D eigenvalue weighted by atomic mass is 9.62. The molecule has 4 saturated carbocycles. The van der Waals surface area contributed by atoms with E-state index in [1.807, 2.05) is 18.2 Å². The van der Waals surface area contributed by atoms with Crippen molar-refractivity contribution in [2.45, 2.75) is 256 Å². The van der Waals surface area contributed by atoms with Gasteiger partial charge in [-0.1, -0.05) is 222 Å². The van der Waals surface area contributed by atoms with Gasteiger partial charge in [0.25, 0.3) is 0 Å². The number of rotatable bonds is 8. The summed E-state index contributed by atoms with van der Waals surface area (Å²) in [4.78, 5) is 0. The molecule has 0 radical (unpaired) electrons. The summed E-state index contributed by atoms with van der Waals surface area (Å²) in [6, 6.07) is 78.1. The Morgan fingerprint density at radius 3 is 1.00 bits per heavy atom. The lowest BCUT2D eigenvalue weighted by molar-refractivity contribution is -0.660. The Hall–Kier alpha value is -10.4. The van der Waals surface area contributed by atoms with Gasteiger partial charge in [0.1, 0.15) is 73.6 Å². The third-order valence-electron chi connectivity index (χ3n) is 28.3. The van der Waals surface area contributed by atoms with Crippen molar-refractivity contribution in [1.29, 1.82) is 0 Å². The third kappa shape index (κ3) is 16.8. The topological polar surface area (TPSA) is 52.4 Å². The van der Waals surface area contributed by atoms with Gasteiger partial charge in [0, 0.05) is 67.8 Å². The summed E-state index contributed by atoms with van der Waals surface area (Å²) in [7, 11) is 8.49. The molecule has 4 aliphatic carbocycles. The van der Waals surface area contributed by atoms with Crippen molar-refractivity contribution in [1.82, 2.24) is 0 Å². The van der Waals surface area contributed by atoms with Crippen LogP contribution in [0, 0.1) is 27.7 Å². The minimum Gasteiger partial charge on any atom is -0.487 e. The molecule has 0 saturated heterocycles. The number of pyridine rings is 4. The van der Waals surface area contributed by atoms with E-state index in [1.165, 1.54) is 215 Å². The summed E-state index contributed by atoms with van der Waals surface area (Å²) in [5.41, 5.74) is 29.1. The first-order chi connectivity index (χ1) is 58.8. The van der Waals surface area contributed by atoms with Gasteiger partial charge in [0.15, 0.2) is 24.8 Å². The second-order valence-corrected chi connectivity index (χ2v) is 38.1. The molecule has 0 amide bonds. The van der Waals surface area contributed by atoms with Gasteiger partial charge >= 0.3 is 0 Å². The van der Waals surface area contributed by atoms with Crippen molar-refractivity contribution in [2.24, 2.45) is 28.2 Å². The van der Waals surface area contributed by atoms with Crippen LogP contribution in [0.1, 0.15) is 229 Å². The van der Waals surface area contributed by atoms with E-state index in [2.05, 4.69) is 327 Å². The van der Waals surface area contributed by atoms with E-state index < -0.39 is 6.37 Å².